The fraction of sp³-hybridized carbons (Fsp3) is 0.0455. The highest BCUT2D eigenvalue weighted by molar-refractivity contribution is 6.08. The van der Waals surface area contributed by atoms with E-state index in [-0.39, 0.29) is 17.6 Å². The molecule has 7 nitrogen and oxygen atoms in total. The number of furan rings is 1. The molecule has 0 aliphatic carbocycles. The van der Waals surface area contributed by atoms with Gasteiger partial charge in [0.05, 0.1) is 17.9 Å². The number of para-hydroxylation sites is 2. The van der Waals surface area contributed by atoms with Gasteiger partial charge >= 0.3 is 0 Å². The van der Waals surface area contributed by atoms with E-state index >= 15 is 0 Å². The molecule has 1 aliphatic heterocycles. The lowest BCUT2D eigenvalue weighted by molar-refractivity contribution is -0.116. The van der Waals surface area contributed by atoms with Gasteiger partial charge in [0.15, 0.2) is 11.5 Å². The van der Waals surface area contributed by atoms with Gasteiger partial charge in [-0.2, -0.15) is 0 Å². The molecule has 1 aromatic carbocycles. The van der Waals surface area contributed by atoms with Gasteiger partial charge in [0.2, 0.25) is 5.91 Å². The molecule has 0 bridgehead atoms. The molecule has 2 N–H and O–H groups in total. The van der Waals surface area contributed by atoms with Gasteiger partial charge in [-0.05, 0) is 42.5 Å². The average Bonchev–Trinajstić information content (AvgIpc) is 3.19. The molecule has 4 rings (SSSR count). The minimum Gasteiger partial charge on any atom is -0.457 e. The Balaban J connectivity index is 1.38. The van der Waals surface area contributed by atoms with Crippen LogP contribution in [0.1, 0.15) is 17.2 Å². The number of nitrogens with one attached hydrogen (secondary N) is 2. The molecule has 2 aromatic heterocycles. The van der Waals surface area contributed by atoms with Gasteiger partial charge in [-0.3, -0.25) is 14.6 Å². The van der Waals surface area contributed by atoms with Crippen LogP contribution in [-0.2, 0) is 16.1 Å². The van der Waals surface area contributed by atoms with E-state index in [2.05, 4.69) is 15.6 Å². The topological polar surface area (TPSA) is 93.5 Å². The number of carbonyl (C=O) groups excluding carboxylic acids is 2. The van der Waals surface area contributed by atoms with Crippen LogP contribution in [0.4, 0.5) is 5.69 Å². The molecule has 0 atom stereocenters. The quantitative estimate of drug-likeness (QED) is 0.655. The molecule has 0 unspecified atom stereocenters. The van der Waals surface area contributed by atoms with E-state index in [1.165, 1.54) is 12.2 Å². The number of nitrogens with zero attached hydrogens (tertiary/aromatic N) is 1. The summed E-state index contributed by atoms with van der Waals surface area (Å²) in [5.41, 5.74) is 1.39. The maximum absolute atomic E-state index is 12.2. The largest absolute Gasteiger partial charge is 0.457 e. The Morgan fingerprint density at radius 2 is 1.90 bits per heavy atom. The van der Waals surface area contributed by atoms with Gasteiger partial charge in [-0.15, -0.1) is 0 Å². The molecule has 3 heterocycles. The highest BCUT2D eigenvalue weighted by Crippen LogP contribution is 2.30. The van der Waals surface area contributed by atoms with Gasteiger partial charge in [0.25, 0.3) is 5.91 Å². The van der Waals surface area contributed by atoms with Crippen LogP contribution in [0.5, 0.6) is 5.75 Å². The third-order valence-electron chi connectivity index (χ3n) is 4.07. The smallest absolute Gasteiger partial charge is 0.291 e. The number of aromatic nitrogens is 1. The Bertz CT molecular complexity index is 1100. The second-order valence-electron chi connectivity index (χ2n) is 6.17. The van der Waals surface area contributed by atoms with Crippen molar-refractivity contribution in [3.05, 3.63) is 89.8 Å². The summed E-state index contributed by atoms with van der Waals surface area (Å²) >= 11 is 0. The maximum Gasteiger partial charge on any atom is 0.291 e. The standard InChI is InChI=1S/C22H17N3O4/c26-21(24-14-15-5-3-4-12-23-15)11-10-16-8-9-17(28-16)13-20-22(27)25-18-6-1-2-7-19(18)29-20/h1-13H,14H2,(H,24,26)(H,25,27)/b11-10+,20-13-. The van der Waals surface area contributed by atoms with E-state index in [0.717, 1.165) is 5.69 Å². The van der Waals surface area contributed by atoms with Crippen LogP contribution in [0.2, 0.25) is 0 Å². The summed E-state index contributed by atoms with van der Waals surface area (Å²) in [6.07, 6.45) is 6.10. The van der Waals surface area contributed by atoms with Crippen LogP contribution in [-0.4, -0.2) is 16.8 Å². The first-order valence-electron chi connectivity index (χ1n) is 8.93. The van der Waals surface area contributed by atoms with Crippen LogP contribution < -0.4 is 15.4 Å². The lowest BCUT2D eigenvalue weighted by Crippen LogP contribution is -2.23. The zero-order valence-electron chi connectivity index (χ0n) is 15.3. The number of amides is 2. The zero-order valence-corrected chi connectivity index (χ0v) is 15.3. The first kappa shape index (κ1) is 18.2. The minimum absolute atomic E-state index is 0.127. The van der Waals surface area contributed by atoms with Crippen molar-refractivity contribution in [2.45, 2.75) is 6.54 Å². The van der Waals surface area contributed by atoms with Crippen LogP contribution >= 0.6 is 0 Å². The molecule has 0 radical (unpaired) electrons. The number of ether oxygens (including phenoxy) is 1. The predicted octanol–water partition coefficient (Wildman–Crippen LogP) is 3.38. The van der Waals surface area contributed by atoms with Crippen LogP contribution in [0.3, 0.4) is 0 Å². The summed E-state index contributed by atoms with van der Waals surface area (Å²) in [6, 6.07) is 16.1. The SMILES string of the molecule is O=C(/C=C/c1ccc(/C=C2\Oc3ccccc3NC2=O)o1)NCc1ccccn1. The van der Waals surface area contributed by atoms with E-state index in [9.17, 15) is 9.59 Å². The van der Waals surface area contributed by atoms with E-state index in [4.69, 9.17) is 9.15 Å². The number of pyridine rings is 1. The summed E-state index contributed by atoms with van der Waals surface area (Å²) < 4.78 is 11.3. The monoisotopic (exact) mass is 387 g/mol. The van der Waals surface area contributed by atoms with Crippen molar-refractivity contribution < 1.29 is 18.7 Å². The Morgan fingerprint density at radius 3 is 2.76 bits per heavy atom. The van der Waals surface area contributed by atoms with Gasteiger partial charge in [-0.25, -0.2) is 0 Å². The molecule has 2 amide bonds. The van der Waals surface area contributed by atoms with Crippen LogP contribution in [0.15, 0.2) is 77.0 Å². The van der Waals surface area contributed by atoms with Crippen molar-refractivity contribution in [1.29, 1.82) is 0 Å². The number of benzene rings is 1. The zero-order chi connectivity index (χ0) is 20.1. The molecular formula is C22H17N3O4. The van der Waals surface area contributed by atoms with Crippen LogP contribution in [0, 0.1) is 0 Å². The van der Waals surface area contributed by atoms with E-state index < -0.39 is 0 Å². The summed E-state index contributed by atoms with van der Waals surface area (Å²) in [4.78, 5) is 28.2. The highest BCUT2D eigenvalue weighted by Gasteiger charge is 2.21. The van der Waals surface area contributed by atoms with E-state index in [1.54, 1.807) is 36.5 Å². The summed E-state index contributed by atoms with van der Waals surface area (Å²) in [5, 5.41) is 5.50. The molecule has 29 heavy (non-hydrogen) atoms. The summed E-state index contributed by atoms with van der Waals surface area (Å²) in [6.45, 7) is 0.341. The molecular weight excluding hydrogens is 370 g/mol. The third-order valence-corrected chi connectivity index (χ3v) is 4.07. The number of hydrogen-bond acceptors (Lipinski definition) is 5. The predicted molar refractivity (Wildman–Crippen MR) is 108 cm³/mol. The fourth-order valence-corrected chi connectivity index (χ4v) is 2.66. The second kappa shape index (κ2) is 8.26. The molecule has 0 fully saturated rings. The van der Waals surface area contributed by atoms with Crippen molar-refractivity contribution in [2.24, 2.45) is 0 Å². The van der Waals surface area contributed by atoms with Gasteiger partial charge in [0, 0.05) is 18.3 Å². The summed E-state index contributed by atoms with van der Waals surface area (Å²) in [7, 11) is 0. The van der Waals surface area contributed by atoms with Crippen molar-refractivity contribution in [3.63, 3.8) is 0 Å². The minimum atomic E-state index is -0.355. The maximum atomic E-state index is 12.2. The molecule has 7 heteroatoms. The average molecular weight is 387 g/mol. The molecule has 0 saturated heterocycles. The lowest BCUT2D eigenvalue weighted by Gasteiger charge is -2.19. The normalized spacial score (nSPS) is 14.3. The Labute approximate surface area is 166 Å². The molecule has 0 spiro atoms. The van der Waals surface area contributed by atoms with Crippen molar-refractivity contribution in [1.82, 2.24) is 10.3 Å². The molecule has 144 valence electrons. The number of fused-ring (bicyclic) bond motifs is 1. The Morgan fingerprint density at radius 1 is 1.07 bits per heavy atom. The van der Waals surface area contributed by atoms with Gasteiger partial charge in [0.1, 0.15) is 11.5 Å². The molecule has 1 aliphatic rings. The number of anilines is 1. The number of hydrogen-bond donors (Lipinski definition) is 2. The third kappa shape index (κ3) is 4.59. The van der Waals surface area contributed by atoms with Crippen molar-refractivity contribution >= 4 is 29.7 Å². The van der Waals surface area contributed by atoms with Gasteiger partial charge < -0.3 is 19.8 Å². The van der Waals surface area contributed by atoms with Crippen LogP contribution in [0.25, 0.3) is 12.2 Å². The number of rotatable bonds is 5. The lowest BCUT2D eigenvalue weighted by atomic mass is 10.2. The fourth-order valence-electron chi connectivity index (χ4n) is 2.66. The molecule has 0 saturated carbocycles. The number of carbonyl (C=O) groups is 2. The summed E-state index contributed by atoms with van der Waals surface area (Å²) in [5.74, 6) is 0.977. The van der Waals surface area contributed by atoms with Crippen molar-refractivity contribution in [2.75, 3.05) is 5.32 Å². The van der Waals surface area contributed by atoms with E-state index in [1.807, 2.05) is 30.3 Å². The van der Waals surface area contributed by atoms with Gasteiger partial charge in [-0.1, -0.05) is 18.2 Å². The Hall–Kier alpha value is -4.13. The van der Waals surface area contributed by atoms with Crippen molar-refractivity contribution in [3.8, 4) is 5.75 Å². The Kier molecular flexibility index (Phi) is 5.20. The highest BCUT2D eigenvalue weighted by atomic mass is 16.5. The molecule has 3 aromatic rings. The second-order valence-corrected chi connectivity index (χ2v) is 6.17. The van der Waals surface area contributed by atoms with E-state index in [0.29, 0.717) is 29.5 Å². The first-order valence-corrected chi connectivity index (χ1v) is 8.93. The first-order chi connectivity index (χ1) is 14.2.